The Labute approximate surface area is 98.2 Å². The van der Waals surface area contributed by atoms with Crippen molar-refractivity contribution in [1.82, 2.24) is 0 Å². The Balaban J connectivity index is 1.87. The first-order valence-corrected chi connectivity index (χ1v) is 6.62. The molecular formula is C11H15IO2. The third-order valence-electron chi connectivity index (χ3n) is 4.05. The van der Waals surface area contributed by atoms with Gasteiger partial charge in [-0.3, -0.25) is 0 Å². The molecule has 0 aromatic rings. The lowest BCUT2D eigenvalue weighted by Crippen LogP contribution is -2.20. The topological polar surface area (TPSA) is 18.5 Å². The average Bonchev–Trinajstić information content (AvgIpc) is 2.76. The first kappa shape index (κ1) is 9.60. The van der Waals surface area contributed by atoms with E-state index in [1.165, 1.54) is 6.42 Å². The standard InChI is InChI=1S/C11H15IO2/c1-6-7(5-12)4-9-10(6)8-2-3-13-11(8)14-9/h5-6,8-11H,2-4H2,1H3/b7-5-/t6-,8+,9-,10-,11-/m1/s1. The summed E-state index contributed by atoms with van der Waals surface area (Å²) in [6.07, 6.45) is 2.90. The van der Waals surface area contributed by atoms with E-state index in [4.69, 9.17) is 9.47 Å². The Kier molecular flexibility index (Phi) is 2.37. The third kappa shape index (κ3) is 1.21. The van der Waals surface area contributed by atoms with E-state index in [2.05, 4.69) is 33.6 Å². The van der Waals surface area contributed by atoms with E-state index in [0.717, 1.165) is 18.9 Å². The summed E-state index contributed by atoms with van der Waals surface area (Å²) in [4.78, 5) is 0. The van der Waals surface area contributed by atoms with Gasteiger partial charge in [-0.1, -0.05) is 35.1 Å². The summed E-state index contributed by atoms with van der Waals surface area (Å²) in [6.45, 7) is 3.24. The number of ether oxygens (including phenoxy) is 2. The van der Waals surface area contributed by atoms with Gasteiger partial charge in [0.1, 0.15) is 0 Å². The van der Waals surface area contributed by atoms with Crippen LogP contribution in [0.25, 0.3) is 0 Å². The van der Waals surface area contributed by atoms with Crippen LogP contribution in [-0.4, -0.2) is 19.0 Å². The number of hydrogen-bond acceptors (Lipinski definition) is 2. The Hall–Kier alpha value is 0.390. The van der Waals surface area contributed by atoms with Gasteiger partial charge >= 0.3 is 0 Å². The zero-order valence-corrected chi connectivity index (χ0v) is 10.4. The van der Waals surface area contributed by atoms with E-state index >= 15 is 0 Å². The molecule has 0 radical (unpaired) electrons. The molecule has 1 aliphatic carbocycles. The Morgan fingerprint density at radius 1 is 1.50 bits per heavy atom. The van der Waals surface area contributed by atoms with Crippen LogP contribution in [0.2, 0.25) is 0 Å². The minimum absolute atomic E-state index is 0.128. The van der Waals surface area contributed by atoms with Crippen LogP contribution in [0, 0.1) is 17.8 Å². The van der Waals surface area contributed by atoms with Crippen LogP contribution >= 0.6 is 22.6 Å². The van der Waals surface area contributed by atoms with Crippen molar-refractivity contribution >= 4 is 22.6 Å². The summed E-state index contributed by atoms with van der Waals surface area (Å²) in [5, 5.41) is 0. The van der Waals surface area contributed by atoms with E-state index in [1.807, 2.05) is 0 Å². The highest BCUT2D eigenvalue weighted by Gasteiger charge is 2.53. The Morgan fingerprint density at radius 2 is 2.36 bits per heavy atom. The molecule has 1 saturated carbocycles. The SMILES string of the molecule is C[C@@H]1/C(=C\I)C[C@H]2O[C@H]3OCC[C@H]3[C@@H]12. The molecule has 0 amide bonds. The van der Waals surface area contributed by atoms with Crippen molar-refractivity contribution in [2.24, 2.45) is 17.8 Å². The van der Waals surface area contributed by atoms with E-state index in [9.17, 15) is 0 Å². The van der Waals surface area contributed by atoms with Gasteiger partial charge in [-0.05, 0) is 28.8 Å². The molecule has 0 aromatic carbocycles. The van der Waals surface area contributed by atoms with Crippen LogP contribution in [0.15, 0.2) is 9.66 Å². The molecule has 3 aliphatic rings. The molecule has 2 aliphatic heterocycles. The van der Waals surface area contributed by atoms with Gasteiger partial charge in [-0.2, -0.15) is 0 Å². The smallest absolute Gasteiger partial charge is 0.161 e. The summed E-state index contributed by atoms with van der Waals surface area (Å²) in [5.74, 6) is 2.10. The zero-order chi connectivity index (χ0) is 9.71. The quantitative estimate of drug-likeness (QED) is 0.641. The first-order valence-electron chi connectivity index (χ1n) is 5.37. The van der Waals surface area contributed by atoms with Crippen LogP contribution in [0.5, 0.6) is 0 Å². The van der Waals surface area contributed by atoms with Crippen LogP contribution in [0.3, 0.4) is 0 Å². The first-order chi connectivity index (χ1) is 6.81. The van der Waals surface area contributed by atoms with Gasteiger partial charge in [0.05, 0.1) is 12.7 Å². The minimum atomic E-state index is 0.128. The highest BCUT2D eigenvalue weighted by Crippen LogP contribution is 2.52. The van der Waals surface area contributed by atoms with E-state index < -0.39 is 0 Å². The van der Waals surface area contributed by atoms with Gasteiger partial charge in [0.2, 0.25) is 0 Å². The van der Waals surface area contributed by atoms with E-state index in [-0.39, 0.29) is 6.29 Å². The Morgan fingerprint density at radius 3 is 3.14 bits per heavy atom. The van der Waals surface area contributed by atoms with Crippen molar-refractivity contribution < 1.29 is 9.47 Å². The fourth-order valence-electron chi connectivity index (χ4n) is 3.32. The fourth-order valence-corrected chi connectivity index (χ4v) is 4.14. The number of halogens is 1. The van der Waals surface area contributed by atoms with Crippen molar-refractivity contribution in [2.75, 3.05) is 6.61 Å². The normalized spacial score (nSPS) is 53.9. The minimum Gasteiger partial charge on any atom is -0.352 e. The lowest BCUT2D eigenvalue weighted by Gasteiger charge is -2.18. The molecule has 0 spiro atoms. The maximum Gasteiger partial charge on any atom is 0.161 e. The largest absolute Gasteiger partial charge is 0.352 e. The lowest BCUT2D eigenvalue weighted by molar-refractivity contribution is -0.115. The predicted molar refractivity (Wildman–Crippen MR) is 62.1 cm³/mol. The molecule has 0 N–H and O–H groups in total. The summed E-state index contributed by atoms with van der Waals surface area (Å²) in [5.41, 5.74) is 1.57. The highest BCUT2D eigenvalue weighted by atomic mass is 127. The maximum absolute atomic E-state index is 5.95. The van der Waals surface area contributed by atoms with Gasteiger partial charge < -0.3 is 9.47 Å². The molecule has 2 saturated heterocycles. The predicted octanol–water partition coefficient (Wildman–Crippen LogP) is 2.72. The summed E-state index contributed by atoms with van der Waals surface area (Å²) < 4.78 is 13.8. The van der Waals surface area contributed by atoms with Gasteiger partial charge in [-0.15, -0.1) is 0 Å². The monoisotopic (exact) mass is 306 g/mol. The van der Waals surface area contributed by atoms with Gasteiger partial charge in [0, 0.05) is 5.92 Å². The fraction of sp³-hybridized carbons (Fsp3) is 0.818. The molecule has 0 bridgehead atoms. The van der Waals surface area contributed by atoms with Crippen LogP contribution < -0.4 is 0 Å². The van der Waals surface area contributed by atoms with Gasteiger partial charge in [-0.25, -0.2) is 0 Å². The third-order valence-corrected chi connectivity index (χ3v) is 4.85. The second-order valence-corrected chi connectivity index (χ2v) is 5.24. The molecule has 3 rings (SSSR count). The second kappa shape index (κ2) is 3.46. The van der Waals surface area contributed by atoms with Crippen molar-refractivity contribution in [3.05, 3.63) is 9.66 Å². The van der Waals surface area contributed by atoms with Crippen LogP contribution in [0.1, 0.15) is 19.8 Å². The average molecular weight is 306 g/mol. The number of fused-ring (bicyclic) bond motifs is 3. The molecule has 78 valence electrons. The zero-order valence-electron chi connectivity index (χ0n) is 8.28. The van der Waals surface area contributed by atoms with Crippen LogP contribution in [-0.2, 0) is 9.47 Å². The number of rotatable bonds is 0. The van der Waals surface area contributed by atoms with Gasteiger partial charge in [0.15, 0.2) is 6.29 Å². The maximum atomic E-state index is 5.95. The lowest BCUT2D eigenvalue weighted by atomic mass is 9.83. The second-order valence-electron chi connectivity index (χ2n) is 4.62. The van der Waals surface area contributed by atoms with Crippen molar-refractivity contribution in [3.8, 4) is 0 Å². The molecule has 5 atom stereocenters. The van der Waals surface area contributed by atoms with Crippen molar-refractivity contribution in [1.29, 1.82) is 0 Å². The summed E-state index contributed by atoms with van der Waals surface area (Å²) in [7, 11) is 0. The summed E-state index contributed by atoms with van der Waals surface area (Å²) in [6, 6.07) is 0. The molecule has 3 fully saturated rings. The van der Waals surface area contributed by atoms with Crippen molar-refractivity contribution in [2.45, 2.75) is 32.2 Å². The molecule has 14 heavy (non-hydrogen) atoms. The highest BCUT2D eigenvalue weighted by molar-refractivity contribution is 14.1. The molecule has 3 heteroatoms. The molecule has 0 aromatic heterocycles. The molecule has 2 nitrogen and oxygen atoms in total. The summed E-state index contributed by atoms with van der Waals surface area (Å²) >= 11 is 2.36. The molecule has 0 unspecified atom stereocenters. The van der Waals surface area contributed by atoms with E-state index in [0.29, 0.717) is 17.9 Å². The van der Waals surface area contributed by atoms with Crippen LogP contribution in [0.4, 0.5) is 0 Å². The van der Waals surface area contributed by atoms with E-state index in [1.54, 1.807) is 5.57 Å². The molecular weight excluding hydrogens is 291 g/mol. The molecule has 2 heterocycles. The van der Waals surface area contributed by atoms with Gasteiger partial charge in [0.25, 0.3) is 0 Å². The Bertz CT molecular complexity index is 276. The van der Waals surface area contributed by atoms with Crippen molar-refractivity contribution in [3.63, 3.8) is 0 Å². The number of hydrogen-bond donors (Lipinski definition) is 0.